The molecule has 1 nitrogen and oxygen atoms in total. The predicted molar refractivity (Wildman–Crippen MR) is 206 cm³/mol. The maximum atomic E-state index is 6.46. The number of hydrogen-bond acceptors (Lipinski definition) is 1. The summed E-state index contributed by atoms with van der Waals surface area (Å²) in [5.74, 6) is 1.82. The van der Waals surface area contributed by atoms with Crippen molar-refractivity contribution in [3.63, 3.8) is 0 Å². The number of hydrogen-bond donors (Lipinski definition) is 0. The molecule has 10 rings (SSSR count). The van der Waals surface area contributed by atoms with Gasteiger partial charge in [0, 0.05) is 10.9 Å². The van der Waals surface area contributed by atoms with E-state index >= 15 is 0 Å². The average molecular weight is 623 g/mol. The van der Waals surface area contributed by atoms with Crippen molar-refractivity contribution in [3.05, 3.63) is 182 Å². The van der Waals surface area contributed by atoms with Crippen LogP contribution in [0.5, 0.6) is 11.5 Å². The lowest BCUT2D eigenvalue weighted by molar-refractivity contribution is 0.487. The first-order chi connectivity index (χ1) is 24.3. The Balaban J connectivity index is 1.13. The van der Waals surface area contributed by atoms with Crippen molar-refractivity contribution in [2.24, 2.45) is 0 Å². The second-order valence-corrected chi connectivity index (χ2v) is 12.8. The fourth-order valence-electron chi connectivity index (χ4n) is 7.81. The van der Waals surface area contributed by atoms with E-state index in [0.717, 1.165) is 17.1 Å². The summed E-state index contributed by atoms with van der Waals surface area (Å²) in [6.45, 7) is 0. The normalized spacial score (nSPS) is 11.8. The summed E-state index contributed by atoms with van der Waals surface area (Å²) < 4.78 is 6.46. The van der Waals surface area contributed by atoms with E-state index in [1.807, 2.05) is 0 Å². The minimum atomic E-state index is 0.898. The summed E-state index contributed by atoms with van der Waals surface area (Å²) in [6.07, 6.45) is 0. The molecular formula is C48H30O. The van der Waals surface area contributed by atoms with Gasteiger partial charge in [-0.3, -0.25) is 0 Å². The molecular weight excluding hydrogens is 593 g/mol. The van der Waals surface area contributed by atoms with Gasteiger partial charge >= 0.3 is 0 Å². The first kappa shape index (κ1) is 27.7. The summed E-state index contributed by atoms with van der Waals surface area (Å²) in [4.78, 5) is 0. The van der Waals surface area contributed by atoms with E-state index in [-0.39, 0.29) is 0 Å². The highest BCUT2D eigenvalue weighted by Crippen LogP contribution is 2.50. The maximum Gasteiger partial charge on any atom is 0.135 e. The second kappa shape index (κ2) is 11.1. The van der Waals surface area contributed by atoms with Crippen LogP contribution in [-0.2, 0) is 0 Å². The monoisotopic (exact) mass is 622 g/mol. The highest BCUT2D eigenvalue weighted by Gasteiger charge is 2.22. The molecule has 0 fully saturated rings. The molecule has 1 aliphatic rings. The third kappa shape index (κ3) is 4.47. The molecule has 228 valence electrons. The van der Waals surface area contributed by atoms with Gasteiger partial charge < -0.3 is 4.74 Å². The predicted octanol–water partition coefficient (Wildman–Crippen LogP) is 13.6. The fraction of sp³-hybridized carbons (Fsp3) is 0. The smallest absolute Gasteiger partial charge is 0.135 e. The van der Waals surface area contributed by atoms with Gasteiger partial charge in [-0.15, -0.1) is 0 Å². The van der Waals surface area contributed by atoms with Crippen LogP contribution in [-0.4, -0.2) is 0 Å². The Labute approximate surface area is 285 Å². The third-order valence-corrected chi connectivity index (χ3v) is 10.1. The Hall–Kier alpha value is -6.44. The fourth-order valence-corrected chi connectivity index (χ4v) is 7.81. The first-order valence-corrected chi connectivity index (χ1v) is 16.8. The van der Waals surface area contributed by atoms with E-state index in [1.165, 1.54) is 82.4 Å². The van der Waals surface area contributed by atoms with E-state index in [9.17, 15) is 0 Å². The quantitative estimate of drug-likeness (QED) is 0.177. The molecule has 1 heterocycles. The Morgan fingerprint density at radius 1 is 0.286 bits per heavy atom. The Bertz CT molecular complexity index is 2660. The molecule has 49 heavy (non-hydrogen) atoms. The topological polar surface area (TPSA) is 9.23 Å². The number of benzene rings is 9. The van der Waals surface area contributed by atoms with Crippen LogP contribution in [0.2, 0.25) is 0 Å². The van der Waals surface area contributed by atoms with Crippen molar-refractivity contribution in [2.45, 2.75) is 0 Å². The van der Waals surface area contributed by atoms with Crippen molar-refractivity contribution >= 4 is 32.3 Å². The lowest BCUT2D eigenvalue weighted by atomic mass is 9.84. The summed E-state index contributed by atoms with van der Waals surface area (Å²) >= 11 is 0. The van der Waals surface area contributed by atoms with Gasteiger partial charge in [-0.25, -0.2) is 0 Å². The molecule has 0 atom stereocenters. The molecule has 1 heteroatoms. The molecule has 0 aliphatic carbocycles. The molecule has 1 aliphatic heterocycles. The van der Waals surface area contributed by atoms with Gasteiger partial charge in [-0.2, -0.15) is 0 Å². The molecule has 0 bridgehead atoms. The molecule has 0 radical (unpaired) electrons. The van der Waals surface area contributed by atoms with Crippen LogP contribution >= 0.6 is 0 Å². The van der Waals surface area contributed by atoms with Crippen LogP contribution in [0.3, 0.4) is 0 Å². The molecule has 0 saturated carbocycles. The summed E-state index contributed by atoms with van der Waals surface area (Å²) in [7, 11) is 0. The highest BCUT2D eigenvalue weighted by atomic mass is 16.5. The zero-order chi connectivity index (χ0) is 32.3. The summed E-state index contributed by atoms with van der Waals surface area (Å²) in [5.41, 5.74) is 12.1. The van der Waals surface area contributed by atoms with Crippen LogP contribution in [0.25, 0.3) is 88.0 Å². The van der Waals surface area contributed by atoms with Crippen LogP contribution in [0.15, 0.2) is 182 Å². The average Bonchev–Trinajstić information content (AvgIpc) is 3.17. The van der Waals surface area contributed by atoms with E-state index < -0.39 is 0 Å². The minimum Gasteiger partial charge on any atom is -0.456 e. The van der Waals surface area contributed by atoms with Crippen molar-refractivity contribution < 1.29 is 4.74 Å². The van der Waals surface area contributed by atoms with Crippen LogP contribution in [0, 0.1) is 0 Å². The summed E-state index contributed by atoms with van der Waals surface area (Å²) in [6, 6.07) is 65.7. The summed E-state index contributed by atoms with van der Waals surface area (Å²) in [5, 5.41) is 7.35. The van der Waals surface area contributed by atoms with Gasteiger partial charge in [0.05, 0.1) is 0 Å². The standard InChI is InChI=1S/C48H30O/c1-2-11-31(12-3-1)35-15-8-16-36(29-35)32-23-25-34(26-24-32)46-38-17-4-6-19-40(38)47(41-20-7-5-18-39(41)46)37-27-28-44-43(30-37)42-21-9-13-33-14-10-22-45(49-44)48(33)42/h1-30H. The van der Waals surface area contributed by atoms with Gasteiger partial charge in [-0.05, 0) is 101 Å². The van der Waals surface area contributed by atoms with Gasteiger partial charge in [-0.1, -0.05) is 158 Å². The van der Waals surface area contributed by atoms with E-state index in [2.05, 4.69) is 182 Å². The minimum absolute atomic E-state index is 0.898. The number of fused-ring (bicyclic) bond motifs is 4. The lowest BCUT2D eigenvalue weighted by Gasteiger charge is -2.23. The first-order valence-electron chi connectivity index (χ1n) is 16.8. The van der Waals surface area contributed by atoms with Gasteiger partial charge in [0.25, 0.3) is 0 Å². The van der Waals surface area contributed by atoms with E-state index in [0.29, 0.717) is 0 Å². The Kier molecular flexibility index (Phi) is 6.25. The van der Waals surface area contributed by atoms with Crippen molar-refractivity contribution in [3.8, 4) is 67.1 Å². The van der Waals surface area contributed by atoms with Gasteiger partial charge in [0.1, 0.15) is 11.5 Å². The highest BCUT2D eigenvalue weighted by molar-refractivity contribution is 6.21. The van der Waals surface area contributed by atoms with Gasteiger partial charge in [0.15, 0.2) is 0 Å². The molecule has 0 amide bonds. The van der Waals surface area contributed by atoms with Crippen LogP contribution < -0.4 is 4.74 Å². The number of rotatable bonds is 4. The zero-order valence-corrected chi connectivity index (χ0v) is 26.7. The molecule has 9 aromatic rings. The maximum absolute atomic E-state index is 6.46. The molecule has 0 unspecified atom stereocenters. The zero-order valence-electron chi connectivity index (χ0n) is 26.7. The molecule has 0 N–H and O–H groups in total. The van der Waals surface area contributed by atoms with Crippen molar-refractivity contribution in [1.82, 2.24) is 0 Å². The van der Waals surface area contributed by atoms with E-state index in [4.69, 9.17) is 4.74 Å². The van der Waals surface area contributed by atoms with Crippen molar-refractivity contribution in [1.29, 1.82) is 0 Å². The Morgan fingerprint density at radius 2 is 0.796 bits per heavy atom. The van der Waals surface area contributed by atoms with Crippen LogP contribution in [0.4, 0.5) is 0 Å². The van der Waals surface area contributed by atoms with Gasteiger partial charge in [0.2, 0.25) is 0 Å². The van der Waals surface area contributed by atoms with E-state index in [1.54, 1.807) is 0 Å². The molecule has 0 saturated heterocycles. The molecule has 0 spiro atoms. The largest absolute Gasteiger partial charge is 0.456 e. The molecule has 9 aromatic carbocycles. The second-order valence-electron chi connectivity index (χ2n) is 12.8. The van der Waals surface area contributed by atoms with Crippen molar-refractivity contribution in [2.75, 3.05) is 0 Å². The lowest BCUT2D eigenvalue weighted by Crippen LogP contribution is -1.97. The Morgan fingerprint density at radius 3 is 1.47 bits per heavy atom. The SMILES string of the molecule is c1ccc(-c2cccc(-c3ccc(-c4c5ccccc5c(-c5ccc6c(c5)-c5cccc7cccc(c57)O6)c5ccccc45)cc3)c2)cc1. The number of ether oxygens (including phenoxy) is 1. The third-order valence-electron chi connectivity index (χ3n) is 10.1. The van der Waals surface area contributed by atoms with Crippen LogP contribution in [0.1, 0.15) is 0 Å². The molecule has 0 aromatic heterocycles.